The predicted molar refractivity (Wildman–Crippen MR) is 82.8 cm³/mol. The fourth-order valence-electron chi connectivity index (χ4n) is 3.42. The first-order valence-corrected chi connectivity index (χ1v) is 8.36. The van der Waals surface area contributed by atoms with E-state index in [0.717, 1.165) is 12.8 Å². The second kappa shape index (κ2) is 8.29. The van der Waals surface area contributed by atoms with Gasteiger partial charge in [0.15, 0.2) is 0 Å². The van der Waals surface area contributed by atoms with Crippen LogP contribution in [0, 0.1) is 5.92 Å². The van der Waals surface area contributed by atoms with Crippen LogP contribution in [0.5, 0.6) is 0 Å². The van der Waals surface area contributed by atoms with Gasteiger partial charge in [0.1, 0.15) is 0 Å². The van der Waals surface area contributed by atoms with E-state index in [1.807, 2.05) is 0 Å². The number of rotatable bonds is 7. The van der Waals surface area contributed by atoms with Crippen molar-refractivity contribution in [3.05, 3.63) is 0 Å². The maximum absolute atomic E-state index is 12.0. The Morgan fingerprint density at radius 3 is 2.48 bits per heavy atom. The van der Waals surface area contributed by atoms with Crippen molar-refractivity contribution in [2.24, 2.45) is 5.92 Å². The number of hydrogen-bond acceptors (Lipinski definition) is 4. The molecule has 1 aliphatic carbocycles. The predicted octanol–water partition coefficient (Wildman–Crippen LogP) is 0.823. The lowest BCUT2D eigenvalue weighted by molar-refractivity contribution is -0.139. The second-order valence-electron chi connectivity index (χ2n) is 6.69. The van der Waals surface area contributed by atoms with E-state index in [-0.39, 0.29) is 31.4 Å². The average Bonchev–Trinajstić information content (AvgIpc) is 2.93. The van der Waals surface area contributed by atoms with Crippen LogP contribution in [0.25, 0.3) is 0 Å². The molecule has 2 amide bonds. The maximum atomic E-state index is 12.0. The summed E-state index contributed by atoms with van der Waals surface area (Å²) in [4.78, 5) is 34.9. The van der Waals surface area contributed by atoms with E-state index in [2.05, 4.69) is 10.6 Å². The van der Waals surface area contributed by atoms with Crippen molar-refractivity contribution in [3.63, 3.8) is 0 Å². The quantitative estimate of drug-likeness (QED) is 0.642. The fraction of sp³-hybridized carbons (Fsp3) is 0.812. The molecule has 1 saturated heterocycles. The average molecular weight is 326 g/mol. The fourth-order valence-corrected chi connectivity index (χ4v) is 3.42. The van der Waals surface area contributed by atoms with Gasteiger partial charge >= 0.3 is 5.97 Å². The van der Waals surface area contributed by atoms with E-state index < -0.39 is 11.5 Å². The summed E-state index contributed by atoms with van der Waals surface area (Å²) in [6.07, 6.45) is 6.53. The molecule has 7 nitrogen and oxygen atoms in total. The van der Waals surface area contributed by atoms with Crippen LogP contribution in [0.4, 0.5) is 0 Å². The number of aliphatic carboxylic acids is 1. The maximum Gasteiger partial charge on any atom is 0.305 e. The molecular formula is C16H26N2O5. The highest BCUT2D eigenvalue weighted by molar-refractivity contribution is 5.85. The van der Waals surface area contributed by atoms with E-state index in [0.29, 0.717) is 25.4 Å². The van der Waals surface area contributed by atoms with Gasteiger partial charge in [-0.25, -0.2) is 0 Å². The normalized spacial score (nSPS) is 25.0. The molecule has 1 aliphatic heterocycles. The Labute approximate surface area is 136 Å². The molecule has 130 valence electrons. The SMILES string of the molecule is O=C(O)CC1(NC(=O)CNC(=O)CC2CCCCC2)CCOC1. The Morgan fingerprint density at radius 1 is 1.13 bits per heavy atom. The smallest absolute Gasteiger partial charge is 0.305 e. The summed E-state index contributed by atoms with van der Waals surface area (Å²) in [5.41, 5.74) is -0.850. The highest BCUT2D eigenvalue weighted by atomic mass is 16.5. The van der Waals surface area contributed by atoms with Gasteiger partial charge in [0.2, 0.25) is 11.8 Å². The minimum Gasteiger partial charge on any atom is -0.481 e. The van der Waals surface area contributed by atoms with Gasteiger partial charge < -0.3 is 20.5 Å². The van der Waals surface area contributed by atoms with Crippen molar-refractivity contribution in [2.75, 3.05) is 19.8 Å². The van der Waals surface area contributed by atoms with Gasteiger partial charge in [-0.05, 0) is 25.2 Å². The lowest BCUT2D eigenvalue weighted by Gasteiger charge is -2.27. The molecule has 0 bridgehead atoms. The van der Waals surface area contributed by atoms with Crippen LogP contribution in [-0.2, 0) is 19.1 Å². The summed E-state index contributed by atoms with van der Waals surface area (Å²) in [5, 5.41) is 14.3. The molecule has 0 aromatic heterocycles. The minimum absolute atomic E-state index is 0.109. The summed E-state index contributed by atoms with van der Waals surface area (Å²) >= 11 is 0. The Hall–Kier alpha value is -1.63. The third-order valence-electron chi connectivity index (χ3n) is 4.64. The van der Waals surface area contributed by atoms with Crippen LogP contribution >= 0.6 is 0 Å². The van der Waals surface area contributed by atoms with Gasteiger partial charge in [0.25, 0.3) is 0 Å². The highest BCUT2D eigenvalue weighted by Gasteiger charge is 2.38. The molecule has 3 N–H and O–H groups in total. The van der Waals surface area contributed by atoms with Crippen LogP contribution in [-0.4, -0.2) is 48.2 Å². The molecule has 2 rings (SSSR count). The van der Waals surface area contributed by atoms with Gasteiger partial charge in [-0.2, -0.15) is 0 Å². The van der Waals surface area contributed by atoms with E-state index in [4.69, 9.17) is 9.84 Å². The molecule has 2 aliphatic rings. The van der Waals surface area contributed by atoms with Gasteiger partial charge in [0, 0.05) is 13.0 Å². The van der Waals surface area contributed by atoms with Crippen molar-refractivity contribution >= 4 is 17.8 Å². The van der Waals surface area contributed by atoms with Crippen molar-refractivity contribution in [3.8, 4) is 0 Å². The molecule has 1 unspecified atom stereocenters. The van der Waals surface area contributed by atoms with Crippen LogP contribution in [0.2, 0.25) is 0 Å². The van der Waals surface area contributed by atoms with Gasteiger partial charge in [-0.15, -0.1) is 0 Å². The number of hydrogen-bond donors (Lipinski definition) is 3. The third kappa shape index (κ3) is 5.82. The van der Waals surface area contributed by atoms with Gasteiger partial charge in [-0.1, -0.05) is 19.3 Å². The number of nitrogens with one attached hydrogen (secondary N) is 2. The molecule has 1 heterocycles. The van der Waals surface area contributed by atoms with Crippen molar-refractivity contribution in [2.45, 2.75) is 56.9 Å². The molecular weight excluding hydrogens is 300 g/mol. The summed E-state index contributed by atoms with van der Waals surface area (Å²) in [5.74, 6) is -1.03. The lowest BCUT2D eigenvalue weighted by Crippen LogP contribution is -2.53. The van der Waals surface area contributed by atoms with Crippen LogP contribution in [0.3, 0.4) is 0 Å². The zero-order valence-corrected chi connectivity index (χ0v) is 13.4. The first kappa shape index (κ1) is 17.7. The summed E-state index contributed by atoms with van der Waals surface area (Å²) in [6, 6.07) is 0. The first-order chi connectivity index (χ1) is 11.0. The molecule has 2 fully saturated rings. The molecule has 0 spiro atoms. The van der Waals surface area contributed by atoms with Crippen molar-refractivity contribution in [1.82, 2.24) is 10.6 Å². The Kier molecular flexibility index (Phi) is 6.38. The minimum atomic E-state index is -0.975. The van der Waals surface area contributed by atoms with E-state index >= 15 is 0 Å². The lowest BCUT2D eigenvalue weighted by atomic mass is 9.87. The molecule has 0 aromatic rings. The summed E-state index contributed by atoms with van der Waals surface area (Å²) < 4.78 is 5.22. The molecule has 0 aromatic carbocycles. The molecule has 23 heavy (non-hydrogen) atoms. The van der Waals surface area contributed by atoms with Gasteiger partial charge in [-0.3, -0.25) is 14.4 Å². The largest absolute Gasteiger partial charge is 0.481 e. The van der Waals surface area contributed by atoms with Gasteiger partial charge in [0.05, 0.1) is 25.1 Å². The topological polar surface area (TPSA) is 105 Å². The standard InChI is InChI=1S/C16H26N2O5/c19-13(8-12-4-2-1-3-5-12)17-10-14(20)18-16(9-15(21)22)6-7-23-11-16/h12H,1-11H2,(H,17,19)(H,18,20)(H,21,22). The van der Waals surface area contributed by atoms with E-state index in [1.165, 1.54) is 19.3 Å². The Morgan fingerprint density at radius 2 is 1.87 bits per heavy atom. The zero-order chi connectivity index (χ0) is 16.7. The van der Waals surface area contributed by atoms with Crippen molar-refractivity contribution in [1.29, 1.82) is 0 Å². The van der Waals surface area contributed by atoms with E-state index in [9.17, 15) is 14.4 Å². The van der Waals surface area contributed by atoms with Crippen molar-refractivity contribution < 1.29 is 24.2 Å². The zero-order valence-electron chi connectivity index (χ0n) is 13.4. The number of carbonyl (C=O) groups excluding carboxylic acids is 2. The molecule has 7 heteroatoms. The Bertz CT molecular complexity index is 440. The van der Waals surface area contributed by atoms with Crippen LogP contribution in [0.15, 0.2) is 0 Å². The van der Waals surface area contributed by atoms with Crippen LogP contribution in [0.1, 0.15) is 51.4 Å². The molecule has 1 atom stereocenters. The monoisotopic (exact) mass is 326 g/mol. The van der Waals surface area contributed by atoms with E-state index in [1.54, 1.807) is 0 Å². The first-order valence-electron chi connectivity index (χ1n) is 8.36. The third-order valence-corrected chi connectivity index (χ3v) is 4.64. The second-order valence-corrected chi connectivity index (χ2v) is 6.69. The molecule has 1 saturated carbocycles. The number of carboxylic acid groups (broad SMARTS) is 1. The Balaban J connectivity index is 1.72. The van der Waals surface area contributed by atoms with Crippen LogP contribution < -0.4 is 10.6 Å². The summed E-state index contributed by atoms with van der Waals surface area (Å²) in [6.45, 7) is 0.510. The summed E-state index contributed by atoms with van der Waals surface area (Å²) in [7, 11) is 0. The number of amides is 2. The highest BCUT2D eigenvalue weighted by Crippen LogP contribution is 2.26. The number of carboxylic acids is 1. The molecule has 0 radical (unpaired) electrons. The number of carbonyl (C=O) groups is 3. The number of ether oxygens (including phenoxy) is 1.